The van der Waals surface area contributed by atoms with Crippen LogP contribution in [0.2, 0.25) is 5.02 Å². The Hall–Kier alpha value is -1.13. The molecule has 0 bridgehead atoms. The zero-order valence-corrected chi connectivity index (χ0v) is 10.0. The number of nitrogens with zero attached hydrogens (tertiary/aromatic N) is 1. The fourth-order valence-corrected chi connectivity index (χ4v) is 1.70. The summed E-state index contributed by atoms with van der Waals surface area (Å²) in [6, 6.07) is 2.96. The lowest BCUT2D eigenvalue weighted by atomic mass is 10.1. The Morgan fingerprint density at radius 3 is 2.75 bits per heavy atom. The number of carbonyl (C=O) groups is 1. The van der Waals surface area contributed by atoms with Crippen molar-refractivity contribution in [3.63, 3.8) is 0 Å². The molecule has 1 amide bonds. The number of primary amides is 1. The lowest BCUT2D eigenvalue weighted by Gasteiger charge is -2.15. The molecule has 0 saturated heterocycles. The molecule has 0 heterocycles. The first kappa shape index (κ1) is 12.9. The fourth-order valence-electron chi connectivity index (χ4n) is 1.42. The molecule has 0 aliphatic rings. The maximum absolute atomic E-state index is 13.3. The molecule has 0 fully saturated rings. The van der Waals surface area contributed by atoms with Crippen LogP contribution in [0.5, 0.6) is 0 Å². The third-order valence-electron chi connectivity index (χ3n) is 2.19. The fraction of sp³-hybridized carbons (Fsp3) is 0.364. The van der Waals surface area contributed by atoms with Crippen LogP contribution in [-0.2, 0) is 11.3 Å². The van der Waals surface area contributed by atoms with Crippen LogP contribution in [0.3, 0.4) is 0 Å². The second kappa shape index (κ2) is 5.27. The molecular weight excluding hydrogens is 231 g/mol. The van der Waals surface area contributed by atoms with E-state index < -0.39 is 5.91 Å². The summed E-state index contributed by atoms with van der Waals surface area (Å²) in [7, 11) is 1.72. The van der Waals surface area contributed by atoms with E-state index >= 15 is 0 Å². The molecule has 0 unspecified atom stereocenters. The first-order chi connectivity index (χ1) is 7.40. The monoisotopic (exact) mass is 244 g/mol. The van der Waals surface area contributed by atoms with E-state index in [0.717, 1.165) is 0 Å². The summed E-state index contributed by atoms with van der Waals surface area (Å²) in [4.78, 5) is 12.4. The largest absolute Gasteiger partial charge is 0.369 e. The molecule has 0 spiro atoms. The number of amides is 1. The Morgan fingerprint density at radius 2 is 2.19 bits per heavy atom. The summed E-state index contributed by atoms with van der Waals surface area (Å²) in [5, 5.41) is 0.496. The van der Waals surface area contributed by atoms with Gasteiger partial charge in [0.05, 0.1) is 6.54 Å². The van der Waals surface area contributed by atoms with Gasteiger partial charge in [0.1, 0.15) is 5.82 Å². The van der Waals surface area contributed by atoms with Crippen LogP contribution >= 0.6 is 11.6 Å². The van der Waals surface area contributed by atoms with E-state index in [4.69, 9.17) is 17.3 Å². The maximum Gasteiger partial charge on any atom is 0.231 e. The second-order valence-electron chi connectivity index (χ2n) is 3.83. The van der Waals surface area contributed by atoms with Crippen molar-refractivity contribution in [2.45, 2.75) is 13.5 Å². The van der Waals surface area contributed by atoms with Gasteiger partial charge >= 0.3 is 0 Å². The van der Waals surface area contributed by atoms with Gasteiger partial charge in [-0.2, -0.15) is 0 Å². The number of hydrogen-bond donors (Lipinski definition) is 1. The highest BCUT2D eigenvalue weighted by atomic mass is 35.5. The molecule has 1 aromatic carbocycles. The minimum atomic E-state index is -0.425. The smallest absolute Gasteiger partial charge is 0.231 e. The molecule has 16 heavy (non-hydrogen) atoms. The van der Waals surface area contributed by atoms with E-state index in [2.05, 4.69) is 0 Å². The number of carbonyl (C=O) groups excluding carboxylic acids is 1. The number of nitrogens with two attached hydrogens (primary N) is 1. The van der Waals surface area contributed by atoms with Crippen molar-refractivity contribution in [2.75, 3.05) is 13.6 Å². The van der Waals surface area contributed by atoms with E-state index in [9.17, 15) is 9.18 Å². The Bertz CT molecular complexity index is 409. The average Bonchev–Trinajstić information content (AvgIpc) is 2.12. The third-order valence-corrected chi connectivity index (χ3v) is 2.55. The summed E-state index contributed by atoms with van der Waals surface area (Å²) in [6.45, 7) is 2.16. The molecule has 1 aromatic rings. The quantitative estimate of drug-likeness (QED) is 0.877. The Kier molecular flexibility index (Phi) is 4.26. The molecule has 0 aliphatic heterocycles. The van der Waals surface area contributed by atoms with Crippen LogP contribution < -0.4 is 5.73 Å². The van der Waals surface area contributed by atoms with Gasteiger partial charge in [0.2, 0.25) is 5.91 Å². The maximum atomic E-state index is 13.3. The number of aryl methyl sites for hydroxylation is 1. The first-order valence-corrected chi connectivity index (χ1v) is 5.19. The Labute approximate surface area is 99.0 Å². The van der Waals surface area contributed by atoms with Crippen molar-refractivity contribution in [3.05, 3.63) is 34.1 Å². The molecular formula is C11H14ClFN2O. The number of hydrogen-bond acceptors (Lipinski definition) is 2. The van der Waals surface area contributed by atoms with Gasteiger partial charge in [0, 0.05) is 11.6 Å². The van der Waals surface area contributed by atoms with Gasteiger partial charge < -0.3 is 5.73 Å². The van der Waals surface area contributed by atoms with Crippen molar-refractivity contribution >= 4 is 17.5 Å². The molecule has 0 atom stereocenters. The molecule has 5 heteroatoms. The van der Waals surface area contributed by atoms with Crippen molar-refractivity contribution < 1.29 is 9.18 Å². The summed E-state index contributed by atoms with van der Waals surface area (Å²) in [5.74, 6) is -0.724. The topological polar surface area (TPSA) is 46.3 Å². The van der Waals surface area contributed by atoms with E-state index in [0.29, 0.717) is 22.7 Å². The van der Waals surface area contributed by atoms with Crippen LogP contribution in [-0.4, -0.2) is 24.4 Å². The number of rotatable bonds is 4. The molecule has 88 valence electrons. The normalized spacial score (nSPS) is 10.8. The first-order valence-electron chi connectivity index (χ1n) is 4.81. The van der Waals surface area contributed by atoms with Crippen molar-refractivity contribution in [3.8, 4) is 0 Å². The van der Waals surface area contributed by atoms with Gasteiger partial charge in [-0.1, -0.05) is 11.6 Å². The zero-order chi connectivity index (χ0) is 12.3. The molecule has 0 saturated carbocycles. The van der Waals surface area contributed by atoms with Gasteiger partial charge in [0.25, 0.3) is 0 Å². The van der Waals surface area contributed by atoms with Gasteiger partial charge in [-0.25, -0.2) is 4.39 Å². The summed E-state index contributed by atoms with van der Waals surface area (Å²) in [6.07, 6.45) is 0. The van der Waals surface area contributed by atoms with Gasteiger partial charge in [-0.15, -0.1) is 0 Å². The van der Waals surface area contributed by atoms with E-state index in [1.807, 2.05) is 0 Å². The summed E-state index contributed by atoms with van der Waals surface area (Å²) >= 11 is 5.97. The SMILES string of the molecule is Cc1cc(Cl)c(CN(C)CC(N)=O)cc1F. The van der Waals surface area contributed by atoms with Crippen molar-refractivity contribution in [1.82, 2.24) is 4.90 Å². The highest BCUT2D eigenvalue weighted by Gasteiger charge is 2.09. The molecule has 0 aromatic heterocycles. The highest BCUT2D eigenvalue weighted by Crippen LogP contribution is 2.21. The Balaban J connectivity index is 2.81. The Morgan fingerprint density at radius 1 is 1.56 bits per heavy atom. The van der Waals surface area contributed by atoms with Crippen molar-refractivity contribution in [1.29, 1.82) is 0 Å². The third kappa shape index (κ3) is 3.47. The van der Waals surface area contributed by atoms with Gasteiger partial charge in [-0.05, 0) is 37.2 Å². The molecule has 2 N–H and O–H groups in total. The summed E-state index contributed by atoms with van der Waals surface area (Å²) < 4.78 is 13.3. The number of benzene rings is 1. The highest BCUT2D eigenvalue weighted by molar-refractivity contribution is 6.31. The second-order valence-corrected chi connectivity index (χ2v) is 4.24. The molecule has 0 aliphatic carbocycles. The minimum absolute atomic E-state index is 0.117. The minimum Gasteiger partial charge on any atom is -0.369 e. The zero-order valence-electron chi connectivity index (χ0n) is 9.26. The number of likely N-dealkylation sites (N-methyl/N-ethyl adjacent to an activating group) is 1. The predicted molar refractivity (Wildman–Crippen MR) is 61.7 cm³/mol. The van der Waals surface area contributed by atoms with E-state index in [-0.39, 0.29) is 12.4 Å². The predicted octanol–water partition coefficient (Wildman–Crippen LogP) is 1.70. The summed E-state index contributed by atoms with van der Waals surface area (Å²) in [5.41, 5.74) is 6.20. The lowest BCUT2D eigenvalue weighted by Crippen LogP contribution is -2.30. The van der Waals surface area contributed by atoms with Crippen LogP contribution in [0.1, 0.15) is 11.1 Å². The van der Waals surface area contributed by atoms with Crippen LogP contribution in [0.25, 0.3) is 0 Å². The number of halogens is 2. The van der Waals surface area contributed by atoms with Crippen LogP contribution in [0, 0.1) is 12.7 Å². The molecule has 0 radical (unpaired) electrons. The van der Waals surface area contributed by atoms with E-state index in [1.54, 1.807) is 24.9 Å². The lowest BCUT2D eigenvalue weighted by molar-refractivity contribution is -0.118. The van der Waals surface area contributed by atoms with E-state index in [1.165, 1.54) is 6.07 Å². The standard InChI is InChI=1S/C11H14ClFN2O/c1-7-3-9(12)8(4-10(7)13)5-15(2)6-11(14)16/h3-4H,5-6H2,1-2H3,(H2,14,16). The van der Waals surface area contributed by atoms with Gasteiger partial charge in [0.15, 0.2) is 0 Å². The van der Waals surface area contributed by atoms with Crippen LogP contribution in [0.15, 0.2) is 12.1 Å². The molecule has 1 rings (SSSR count). The molecule has 3 nitrogen and oxygen atoms in total. The van der Waals surface area contributed by atoms with Crippen LogP contribution in [0.4, 0.5) is 4.39 Å². The van der Waals surface area contributed by atoms with Crippen molar-refractivity contribution in [2.24, 2.45) is 5.73 Å². The average molecular weight is 245 g/mol. The van der Waals surface area contributed by atoms with Gasteiger partial charge in [-0.3, -0.25) is 9.69 Å².